The van der Waals surface area contributed by atoms with Crippen molar-refractivity contribution in [2.24, 2.45) is 0 Å². The smallest absolute Gasteiger partial charge is 0.338 e. The number of urea groups is 1. The Labute approximate surface area is 229 Å². The van der Waals surface area contributed by atoms with Crippen LogP contribution in [0.5, 0.6) is 11.5 Å². The summed E-state index contributed by atoms with van der Waals surface area (Å²) in [6.45, 7) is 4.76. The molecule has 1 saturated heterocycles. The fourth-order valence-electron chi connectivity index (χ4n) is 5.00. The number of esters is 1. The van der Waals surface area contributed by atoms with Crippen molar-refractivity contribution in [1.82, 2.24) is 20.0 Å². The van der Waals surface area contributed by atoms with Crippen LogP contribution >= 0.6 is 0 Å². The van der Waals surface area contributed by atoms with E-state index in [4.69, 9.17) is 14.2 Å². The number of hydrogen-bond acceptors (Lipinski definition) is 7. The Bertz CT molecular complexity index is 1230. The van der Waals surface area contributed by atoms with Crippen LogP contribution in [0.25, 0.3) is 0 Å². The number of hydrogen-bond donors (Lipinski definition) is 1. The minimum atomic E-state index is -0.723. The molecule has 2 heterocycles. The van der Waals surface area contributed by atoms with Gasteiger partial charge in [0.05, 0.1) is 32.4 Å². The summed E-state index contributed by atoms with van der Waals surface area (Å²) in [6.07, 6.45) is 0.760. The highest BCUT2D eigenvalue weighted by atomic mass is 16.5. The minimum absolute atomic E-state index is 0.0312. The lowest BCUT2D eigenvalue weighted by molar-refractivity contribution is -0.139. The third-order valence-corrected chi connectivity index (χ3v) is 7.11. The van der Waals surface area contributed by atoms with Gasteiger partial charge in [-0.1, -0.05) is 18.2 Å². The number of rotatable bonds is 8. The van der Waals surface area contributed by atoms with Gasteiger partial charge in [0.15, 0.2) is 0 Å². The van der Waals surface area contributed by atoms with E-state index in [1.807, 2.05) is 23.1 Å². The van der Waals surface area contributed by atoms with Crippen LogP contribution in [0.1, 0.15) is 35.3 Å². The molecule has 0 aliphatic carbocycles. The average molecular weight is 537 g/mol. The zero-order chi connectivity index (χ0) is 27.9. The normalized spacial score (nSPS) is 18.4. The van der Waals surface area contributed by atoms with E-state index < -0.39 is 12.0 Å². The highest BCUT2D eigenvalue weighted by Crippen LogP contribution is 2.36. The molecular formula is C29H36N4O6. The molecule has 208 valence electrons. The molecule has 1 unspecified atom stereocenters. The van der Waals surface area contributed by atoms with Crippen molar-refractivity contribution >= 4 is 17.9 Å². The number of benzene rings is 2. The molecule has 1 N–H and O–H groups in total. The van der Waals surface area contributed by atoms with Crippen LogP contribution in [-0.4, -0.2) is 93.2 Å². The summed E-state index contributed by atoms with van der Waals surface area (Å²) in [7, 11) is 4.80. The lowest BCUT2D eigenvalue weighted by Gasteiger charge is -2.37. The van der Waals surface area contributed by atoms with Crippen LogP contribution in [0.3, 0.4) is 0 Å². The summed E-state index contributed by atoms with van der Waals surface area (Å²) >= 11 is 0. The summed E-state index contributed by atoms with van der Waals surface area (Å²) in [4.78, 5) is 45.0. The first-order chi connectivity index (χ1) is 18.9. The fraction of sp³-hybridized carbons (Fsp3) is 0.414. The Morgan fingerprint density at radius 1 is 0.974 bits per heavy atom. The summed E-state index contributed by atoms with van der Waals surface area (Å²) in [5, 5.41) is 2.94. The molecule has 0 aromatic heterocycles. The first-order valence-electron chi connectivity index (χ1n) is 13.1. The standard InChI is InChI=1S/C29H36N4O6/c1-5-39-28(35)25-23(31(2)29(36)30-26(25)22-9-6-7-10-24(22)38-4)19-32-15-8-16-33(18-17-32)27(34)20-11-13-21(37-3)14-12-20/h6-7,9-14,26H,5,8,15-19H2,1-4H3,(H,30,36). The molecule has 3 amide bonds. The Hall–Kier alpha value is -4.05. The van der Waals surface area contributed by atoms with E-state index in [1.54, 1.807) is 58.5 Å². The number of likely N-dealkylation sites (N-methyl/N-ethyl adjacent to an activating group) is 1. The van der Waals surface area contributed by atoms with Crippen molar-refractivity contribution in [3.8, 4) is 11.5 Å². The fourth-order valence-corrected chi connectivity index (χ4v) is 5.00. The topological polar surface area (TPSA) is 101 Å². The molecule has 1 fully saturated rings. The van der Waals surface area contributed by atoms with Crippen LogP contribution in [-0.2, 0) is 9.53 Å². The average Bonchev–Trinajstić information content (AvgIpc) is 3.20. The van der Waals surface area contributed by atoms with Gasteiger partial charge in [0.2, 0.25) is 0 Å². The van der Waals surface area contributed by atoms with Crippen molar-refractivity contribution in [2.45, 2.75) is 19.4 Å². The van der Waals surface area contributed by atoms with E-state index in [0.717, 1.165) is 6.42 Å². The number of nitrogens with zero attached hydrogens (tertiary/aromatic N) is 3. The highest BCUT2D eigenvalue weighted by Gasteiger charge is 2.38. The molecule has 4 rings (SSSR count). The molecule has 10 nitrogen and oxygen atoms in total. The van der Waals surface area contributed by atoms with Crippen molar-refractivity contribution in [3.05, 3.63) is 70.9 Å². The summed E-state index contributed by atoms with van der Waals surface area (Å²) in [5.74, 6) is 0.750. The third kappa shape index (κ3) is 6.17. The lowest BCUT2D eigenvalue weighted by atomic mass is 9.93. The summed E-state index contributed by atoms with van der Waals surface area (Å²) < 4.78 is 16.2. The molecule has 2 aliphatic heterocycles. The second kappa shape index (κ2) is 12.7. The zero-order valence-corrected chi connectivity index (χ0v) is 22.9. The quantitative estimate of drug-likeness (QED) is 0.518. The van der Waals surface area contributed by atoms with Gasteiger partial charge >= 0.3 is 12.0 Å². The lowest BCUT2D eigenvalue weighted by Crippen LogP contribution is -2.49. The molecule has 2 aliphatic rings. The largest absolute Gasteiger partial charge is 0.497 e. The SMILES string of the molecule is CCOC(=O)C1=C(CN2CCCN(C(=O)c3ccc(OC)cc3)CC2)N(C)C(=O)NC1c1ccccc1OC. The van der Waals surface area contributed by atoms with Crippen LogP contribution in [0.15, 0.2) is 59.8 Å². The van der Waals surface area contributed by atoms with Gasteiger partial charge in [-0.05, 0) is 43.7 Å². The number of amides is 3. The van der Waals surface area contributed by atoms with Gasteiger partial charge in [-0.3, -0.25) is 14.6 Å². The molecule has 10 heteroatoms. The van der Waals surface area contributed by atoms with Gasteiger partial charge in [-0.25, -0.2) is 9.59 Å². The van der Waals surface area contributed by atoms with E-state index >= 15 is 0 Å². The molecule has 0 spiro atoms. The van der Waals surface area contributed by atoms with E-state index in [-0.39, 0.29) is 18.5 Å². The van der Waals surface area contributed by atoms with Crippen molar-refractivity contribution in [2.75, 3.05) is 60.6 Å². The second-order valence-corrected chi connectivity index (χ2v) is 9.41. The number of ether oxygens (including phenoxy) is 3. The van der Waals surface area contributed by atoms with Crippen LogP contribution in [0, 0.1) is 0 Å². The molecule has 2 aromatic carbocycles. The predicted octanol–water partition coefficient (Wildman–Crippen LogP) is 3.07. The maximum atomic E-state index is 13.3. The molecule has 39 heavy (non-hydrogen) atoms. The summed E-state index contributed by atoms with van der Waals surface area (Å²) in [6, 6.07) is 13.4. The molecular weight excluding hydrogens is 500 g/mol. The number of nitrogens with one attached hydrogen (secondary N) is 1. The first-order valence-corrected chi connectivity index (χ1v) is 13.1. The van der Waals surface area contributed by atoms with Gasteiger partial charge < -0.3 is 24.4 Å². The molecule has 0 saturated carbocycles. The van der Waals surface area contributed by atoms with Gasteiger partial charge in [0.1, 0.15) is 11.5 Å². The second-order valence-electron chi connectivity index (χ2n) is 9.41. The monoisotopic (exact) mass is 536 g/mol. The predicted molar refractivity (Wildman–Crippen MR) is 146 cm³/mol. The maximum absolute atomic E-state index is 13.3. The Morgan fingerprint density at radius 2 is 1.72 bits per heavy atom. The molecule has 1 atom stereocenters. The first kappa shape index (κ1) is 28.0. The minimum Gasteiger partial charge on any atom is -0.497 e. The number of para-hydroxylation sites is 1. The third-order valence-electron chi connectivity index (χ3n) is 7.11. The van der Waals surface area contributed by atoms with Gasteiger partial charge in [-0.2, -0.15) is 0 Å². The Balaban J connectivity index is 1.59. The van der Waals surface area contributed by atoms with Crippen molar-refractivity contribution in [3.63, 3.8) is 0 Å². The Morgan fingerprint density at radius 3 is 2.41 bits per heavy atom. The Kier molecular flexibility index (Phi) is 9.08. The number of carbonyl (C=O) groups is 3. The zero-order valence-electron chi connectivity index (χ0n) is 22.9. The van der Waals surface area contributed by atoms with E-state index in [0.29, 0.717) is 66.6 Å². The van der Waals surface area contributed by atoms with Crippen LogP contribution in [0.2, 0.25) is 0 Å². The van der Waals surface area contributed by atoms with Gasteiger partial charge in [0, 0.05) is 56.6 Å². The summed E-state index contributed by atoms with van der Waals surface area (Å²) in [5.41, 5.74) is 2.23. The van der Waals surface area contributed by atoms with Gasteiger partial charge in [0.25, 0.3) is 5.91 Å². The highest BCUT2D eigenvalue weighted by molar-refractivity contribution is 5.95. The molecule has 0 radical (unpaired) electrons. The molecule has 0 bridgehead atoms. The van der Waals surface area contributed by atoms with E-state index in [2.05, 4.69) is 10.2 Å². The number of methoxy groups -OCH3 is 2. The molecule has 2 aromatic rings. The van der Waals surface area contributed by atoms with Gasteiger partial charge in [-0.15, -0.1) is 0 Å². The van der Waals surface area contributed by atoms with Crippen molar-refractivity contribution < 1.29 is 28.6 Å². The van der Waals surface area contributed by atoms with Crippen molar-refractivity contribution in [1.29, 1.82) is 0 Å². The van der Waals surface area contributed by atoms with Crippen LogP contribution in [0.4, 0.5) is 4.79 Å². The number of carbonyl (C=O) groups excluding carboxylic acids is 3. The van der Waals surface area contributed by atoms with E-state index in [9.17, 15) is 14.4 Å². The van der Waals surface area contributed by atoms with E-state index in [1.165, 1.54) is 4.90 Å². The maximum Gasteiger partial charge on any atom is 0.338 e. The van der Waals surface area contributed by atoms with Crippen LogP contribution < -0.4 is 14.8 Å².